The lowest BCUT2D eigenvalue weighted by atomic mass is 9.86. The number of hydrogen-bond acceptors (Lipinski definition) is 2. The highest BCUT2D eigenvalue weighted by atomic mass is 35.5. The van der Waals surface area contributed by atoms with Gasteiger partial charge < -0.3 is 10.4 Å². The third-order valence-corrected chi connectivity index (χ3v) is 3.88. The van der Waals surface area contributed by atoms with Crippen molar-refractivity contribution in [1.82, 2.24) is 5.32 Å². The number of Topliss-reactive ketones (excluding diaryl/α,β-unsaturated/α-hetero) is 1. The van der Waals surface area contributed by atoms with Crippen LogP contribution >= 0.6 is 11.6 Å². The first kappa shape index (κ1) is 18.4. The van der Waals surface area contributed by atoms with Crippen LogP contribution in [-0.4, -0.2) is 28.4 Å². The van der Waals surface area contributed by atoms with Crippen LogP contribution in [0.5, 0.6) is 0 Å². The molecule has 1 aromatic carbocycles. The van der Waals surface area contributed by atoms with Gasteiger partial charge in [-0.25, -0.2) is 13.6 Å². The van der Waals surface area contributed by atoms with Gasteiger partial charge in [0.25, 0.3) is 0 Å². The number of carbonyl (C=O) groups is 2. The average molecular weight is 334 g/mol. The number of alkyl halides is 1. The summed E-state index contributed by atoms with van der Waals surface area (Å²) in [6.07, 6.45) is -1.59. The number of benzene rings is 1. The molecular formula is C15H18ClF2NO3. The molecule has 0 aromatic heterocycles. The van der Waals surface area contributed by atoms with Crippen LogP contribution in [0, 0.1) is 17.0 Å². The molecule has 0 saturated carbocycles. The van der Waals surface area contributed by atoms with E-state index in [1.54, 1.807) is 20.8 Å². The molecule has 0 spiro atoms. The number of carboxylic acid groups (broad SMARTS) is 1. The van der Waals surface area contributed by atoms with Crippen molar-refractivity contribution in [2.45, 2.75) is 38.6 Å². The Labute approximate surface area is 132 Å². The molecule has 0 bridgehead atoms. The first-order valence-electron chi connectivity index (χ1n) is 6.63. The average Bonchev–Trinajstić information content (AvgIpc) is 2.33. The zero-order valence-corrected chi connectivity index (χ0v) is 13.2. The van der Waals surface area contributed by atoms with Crippen LogP contribution in [0.2, 0.25) is 0 Å². The van der Waals surface area contributed by atoms with Gasteiger partial charge in [-0.15, -0.1) is 11.6 Å². The molecule has 7 heteroatoms. The van der Waals surface area contributed by atoms with Crippen molar-refractivity contribution in [3.63, 3.8) is 0 Å². The number of amides is 1. The van der Waals surface area contributed by atoms with Gasteiger partial charge in [0, 0.05) is 12.5 Å². The Kier molecular flexibility index (Phi) is 5.88. The highest BCUT2D eigenvalue weighted by molar-refractivity contribution is 6.32. The van der Waals surface area contributed by atoms with E-state index in [4.69, 9.17) is 16.7 Å². The van der Waals surface area contributed by atoms with E-state index in [-0.39, 0.29) is 12.0 Å². The number of nitrogens with one attached hydrogen (secondary N) is 1. The Morgan fingerprint density at radius 2 is 1.73 bits per heavy atom. The van der Waals surface area contributed by atoms with Crippen LogP contribution in [0.1, 0.15) is 26.3 Å². The third kappa shape index (κ3) is 5.26. The van der Waals surface area contributed by atoms with E-state index >= 15 is 0 Å². The van der Waals surface area contributed by atoms with Crippen molar-refractivity contribution in [2.24, 2.45) is 5.41 Å². The monoisotopic (exact) mass is 333 g/mol. The minimum absolute atomic E-state index is 0.169. The lowest BCUT2D eigenvalue weighted by Crippen LogP contribution is -2.47. The molecule has 1 aromatic rings. The standard InChI is InChI=1S/C15H18ClF2NO3/c1-15(2,3)13(16)12(20)11(19-14(21)22)6-8-4-9(17)7-10(18)5-8/h4-5,7,11,13,19H,6H2,1-3H3,(H,21,22)/t11-,13?/m0/s1. The summed E-state index contributed by atoms with van der Waals surface area (Å²) in [5.41, 5.74) is -0.410. The zero-order chi connectivity index (χ0) is 17.1. The summed E-state index contributed by atoms with van der Waals surface area (Å²) < 4.78 is 26.4. The number of ketones is 1. The summed E-state index contributed by atoms with van der Waals surface area (Å²) in [5.74, 6) is -2.13. The summed E-state index contributed by atoms with van der Waals surface area (Å²) in [6, 6.07) is 1.62. The largest absolute Gasteiger partial charge is 0.465 e. The van der Waals surface area contributed by atoms with Crippen LogP contribution in [-0.2, 0) is 11.2 Å². The van der Waals surface area contributed by atoms with Crippen molar-refractivity contribution in [3.8, 4) is 0 Å². The molecule has 4 nitrogen and oxygen atoms in total. The Balaban J connectivity index is 3.02. The second kappa shape index (κ2) is 7.05. The topological polar surface area (TPSA) is 66.4 Å². The normalized spacial score (nSPS) is 14.3. The molecule has 0 fully saturated rings. The summed E-state index contributed by atoms with van der Waals surface area (Å²) in [4.78, 5) is 23.2. The van der Waals surface area contributed by atoms with E-state index in [0.29, 0.717) is 6.07 Å². The lowest BCUT2D eigenvalue weighted by Gasteiger charge is -2.27. The quantitative estimate of drug-likeness (QED) is 0.812. The van der Waals surface area contributed by atoms with E-state index in [1.165, 1.54) is 0 Å². The van der Waals surface area contributed by atoms with Crippen LogP contribution < -0.4 is 5.32 Å². The molecule has 1 rings (SSSR count). The molecule has 0 aliphatic rings. The minimum Gasteiger partial charge on any atom is -0.465 e. The van der Waals surface area contributed by atoms with Crippen LogP contribution in [0.3, 0.4) is 0 Å². The van der Waals surface area contributed by atoms with Crippen molar-refractivity contribution in [2.75, 3.05) is 0 Å². The summed E-state index contributed by atoms with van der Waals surface area (Å²) in [6.45, 7) is 5.22. The van der Waals surface area contributed by atoms with Gasteiger partial charge in [-0.3, -0.25) is 4.79 Å². The molecule has 122 valence electrons. The number of hydrogen-bond donors (Lipinski definition) is 2. The first-order valence-corrected chi connectivity index (χ1v) is 7.06. The second-order valence-corrected chi connectivity index (χ2v) is 6.55. The van der Waals surface area contributed by atoms with Crippen molar-refractivity contribution in [3.05, 3.63) is 35.4 Å². The number of halogens is 3. The van der Waals surface area contributed by atoms with Crippen LogP contribution in [0.25, 0.3) is 0 Å². The Bertz CT molecular complexity index is 552. The van der Waals surface area contributed by atoms with Crippen LogP contribution in [0.4, 0.5) is 13.6 Å². The highest BCUT2D eigenvalue weighted by Crippen LogP contribution is 2.26. The van der Waals surface area contributed by atoms with Gasteiger partial charge in [0.05, 0.1) is 11.4 Å². The summed E-state index contributed by atoms with van der Waals surface area (Å²) in [7, 11) is 0. The van der Waals surface area contributed by atoms with E-state index in [1.807, 2.05) is 0 Å². The fourth-order valence-corrected chi connectivity index (χ4v) is 2.09. The molecule has 0 radical (unpaired) electrons. The second-order valence-electron chi connectivity index (χ2n) is 6.11. The third-order valence-electron chi connectivity index (χ3n) is 3.01. The van der Waals surface area contributed by atoms with Crippen molar-refractivity contribution >= 4 is 23.5 Å². The van der Waals surface area contributed by atoms with Gasteiger partial charge in [-0.1, -0.05) is 20.8 Å². The SMILES string of the molecule is CC(C)(C)C(Cl)C(=O)[C@H](Cc1cc(F)cc(F)c1)NC(=O)O. The van der Waals surface area contributed by atoms with Gasteiger partial charge in [-0.2, -0.15) is 0 Å². The molecule has 1 unspecified atom stereocenters. The smallest absolute Gasteiger partial charge is 0.405 e. The Morgan fingerprint density at radius 1 is 1.23 bits per heavy atom. The predicted octanol–water partition coefficient (Wildman–Crippen LogP) is 3.37. The lowest BCUT2D eigenvalue weighted by molar-refractivity contribution is -0.122. The van der Waals surface area contributed by atoms with Gasteiger partial charge in [0.2, 0.25) is 0 Å². The Morgan fingerprint density at radius 3 is 2.14 bits per heavy atom. The van der Waals surface area contributed by atoms with E-state index in [9.17, 15) is 18.4 Å². The summed E-state index contributed by atoms with van der Waals surface area (Å²) in [5, 5.41) is 9.97. The molecule has 2 atom stereocenters. The van der Waals surface area contributed by atoms with E-state index in [0.717, 1.165) is 12.1 Å². The molecule has 0 aliphatic carbocycles. The van der Waals surface area contributed by atoms with Gasteiger partial charge in [0.15, 0.2) is 5.78 Å². The van der Waals surface area contributed by atoms with Crippen LogP contribution in [0.15, 0.2) is 18.2 Å². The highest BCUT2D eigenvalue weighted by Gasteiger charge is 2.34. The number of rotatable bonds is 5. The molecule has 22 heavy (non-hydrogen) atoms. The fourth-order valence-electron chi connectivity index (χ4n) is 1.94. The van der Waals surface area contributed by atoms with Crippen molar-refractivity contribution in [1.29, 1.82) is 0 Å². The maximum absolute atomic E-state index is 13.2. The molecule has 0 saturated heterocycles. The van der Waals surface area contributed by atoms with Crippen molar-refractivity contribution < 1.29 is 23.5 Å². The molecule has 1 amide bonds. The molecular weight excluding hydrogens is 316 g/mol. The molecule has 2 N–H and O–H groups in total. The maximum Gasteiger partial charge on any atom is 0.405 e. The van der Waals surface area contributed by atoms with Gasteiger partial charge >= 0.3 is 6.09 Å². The Hall–Kier alpha value is -1.69. The first-order chi connectivity index (χ1) is 10.0. The molecule has 0 heterocycles. The van der Waals surface area contributed by atoms with E-state index < -0.39 is 40.3 Å². The molecule has 0 aliphatic heterocycles. The fraction of sp³-hybridized carbons (Fsp3) is 0.467. The maximum atomic E-state index is 13.2. The minimum atomic E-state index is -1.41. The zero-order valence-electron chi connectivity index (χ0n) is 12.5. The van der Waals surface area contributed by atoms with E-state index in [2.05, 4.69) is 5.32 Å². The van der Waals surface area contributed by atoms with Gasteiger partial charge in [-0.05, 0) is 23.1 Å². The van der Waals surface area contributed by atoms with Gasteiger partial charge in [0.1, 0.15) is 11.6 Å². The predicted molar refractivity (Wildman–Crippen MR) is 79.1 cm³/mol. The number of carbonyl (C=O) groups excluding carboxylic acids is 1. The summed E-state index contributed by atoms with van der Waals surface area (Å²) >= 11 is 6.08.